The molecule has 1 aliphatic rings. The molecule has 1 unspecified atom stereocenters. The van der Waals surface area contributed by atoms with E-state index in [1.807, 2.05) is 6.92 Å². The Hall–Kier alpha value is -0.940. The molecule has 0 spiro atoms. The average molecular weight is 358 g/mol. The van der Waals surface area contributed by atoms with Crippen molar-refractivity contribution in [3.05, 3.63) is 34.1 Å². The van der Waals surface area contributed by atoms with Gasteiger partial charge in [0, 0.05) is 10.0 Å². The Kier molecular flexibility index (Phi) is 5.38. The van der Waals surface area contributed by atoms with Crippen LogP contribution < -0.4 is 0 Å². The standard InChI is InChI=1S/C16H21BrFNO2/c1-16(11-15(20)21,19-8-4-2-3-5-9-19)13-7-6-12(17)10-14(13)18/h6-7,10H,2-5,8-9,11H2,1H3,(H,20,21). The summed E-state index contributed by atoms with van der Waals surface area (Å²) >= 11 is 3.25. The van der Waals surface area contributed by atoms with Gasteiger partial charge in [0.15, 0.2) is 0 Å². The lowest BCUT2D eigenvalue weighted by molar-refractivity contribution is -0.140. The molecule has 0 bridgehead atoms. The highest BCUT2D eigenvalue weighted by atomic mass is 79.9. The normalized spacial score (nSPS) is 19.8. The molecule has 0 radical (unpaired) electrons. The number of carboxylic acids is 1. The maximum absolute atomic E-state index is 14.4. The van der Waals surface area contributed by atoms with E-state index in [2.05, 4.69) is 20.8 Å². The first-order valence-corrected chi connectivity index (χ1v) is 8.15. The summed E-state index contributed by atoms with van der Waals surface area (Å²) in [4.78, 5) is 13.5. The molecule has 0 aliphatic carbocycles. The van der Waals surface area contributed by atoms with Crippen LogP contribution in [0, 0.1) is 5.82 Å². The molecule has 1 aromatic rings. The van der Waals surface area contributed by atoms with Gasteiger partial charge in [-0.1, -0.05) is 34.8 Å². The Morgan fingerprint density at radius 3 is 2.48 bits per heavy atom. The highest BCUT2D eigenvalue weighted by Gasteiger charge is 2.38. The zero-order valence-electron chi connectivity index (χ0n) is 12.2. The lowest BCUT2D eigenvalue weighted by atomic mass is 9.86. The van der Waals surface area contributed by atoms with E-state index >= 15 is 0 Å². The topological polar surface area (TPSA) is 40.5 Å². The van der Waals surface area contributed by atoms with Crippen molar-refractivity contribution < 1.29 is 14.3 Å². The number of halogens is 2. The number of rotatable bonds is 4. The maximum atomic E-state index is 14.4. The van der Waals surface area contributed by atoms with Crippen LogP contribution in [0.15, 0.2) is 22.7 Å². The summed E-state index contributed by atoms with van der Waals surface area (Å²) in [6, 6.07) is 4.89. The highest BCUT2D eigenvalue weighted by molar-refractivity contribution is 9.10. The molecule has 1 atom stereocenters. The molecule has 1 aliphatic heterocycles. The van der Waals surface area contributed by atoms with Crippen LogP contribution in [0.2, 0.25) is 0 Å². The number of hydrogen-bond acceptors (Lipinski definition) is 2. The fraction of sp³-hybridized carbons (Fsp3) is 0.562. The van der Waals surface area contributed by atoms with Gasteiger partial charge in [-0.25, -0.2) is 4.39 Å². The molecule has 1 heterocycles. The molecule has 1 aromatic carbocycles. The molecule has 0 amide bonds. The number of likely N-dealkylation sites (tertiary alicyclic amines) is 1. The van der Waals surface area contributed by atoms with Crippen molar-refractivity contribution in [3.8, 4) is 0 Å². The van der Waals surface area contributed by atoms with Gasteiger partial charge in [0.2, 0.25) is 0 Å². The van der Waals surface area contributed by atoms with Crippen LogP contribution >= 0.6 is 15.9 Å². The minimum atomic E-state index is -0.899. The van der Waals surface area contributed by atoms with E-state index in [9.17, 15) is 14.3 Å². The van der Waals surface area contributed by atoms with Gasteiger partial charge in [-0.05, 0) is 45.0 Å². The summed E-state index contributed by atoms with van der Waals surface area (Å²) in [5.74, 6) is -1.25. The molecule has 0 saturated carbocycles. The lowest BCUT2D eigenvalue weighted by Gasteiger charge is -2.40. The molecule has 1 saturated heterocycles. The molecule has 21 heavy (non-hydrogen) atoms. The monoisotopic (exact) mass is 357 g/mol. The second-order valence-electron chi connectivity index (χ2n) is 5.87. The zero-order chi connectivity index (χ0) is 15.5. The van der Waals surface area contributed by atoms with Gasteiger partial charge in [-0.15, -0.1) is 0 Å². The van der Waals surface area contributed by atoms with Gasteiger partial charge in [0.1, 0.15) is 5.82 Å². The number of carboxylic acid groups (broad SMARTS) is 1. The van der Waals surface area contributed by atoms with Crippen molar-refractivity contribution in [2.24, 2.45) is 0 Å². The van der Waals surface area contributed by atoms with Crippen LogP contribution in [0.3, 0.4) is 0 Å². The van der Waals surface area contributed by atoms with Crippen LogP contribution in [0.4, 0.5) is 4.39 Å². The first-order valence-electron chi connectivity index (χ1n) is 7.36. The quantitative estimate of drug-likeness (QED) is 0.879. The first-order chi connectivity index (χ1) is 9.93. The van der Waals surface area contributed by atoms with Gasteiger partial charge in [-0.3, -0.25) is 9.69 Å². The molecule has 1 N–H and O–H groups in total. The van der Waals surface area contributed by atoms with Crippen molar-refractivity contribution in [3.63, 3.8) is 0 Å². The number of nitrogens with zero attached hydrogens (tertiary/aromatic N) is 1. The van der Waals surface area contributed by atoms with Gasteiger partial charge < -0.3 is 5.11 Å². The second kappa shape index (κ2) is 6.88. The smallest absolute Gasteiger partial charge is 0.305 e. The molecule has 116 valence electrons. The van der Waals surface area contributed by atoms with Crippen LogP contribution in [0.25, 0.3) is 0 Å². The van der Waals surface area contributed by atoms with E-state index in [1.54, 1.807) is 12.1 Å². The summed E-state index contributed by atoms with van der Waals surface area (Å²) in [6.07, 6.45) is 4.29. The van der Waals surface area contributed by atoms with E-state index in [4.69, 9.17) is 0 Å². The highest BCUT2D eigenvalue weighted by Crippen LogP contribution is 2.36. The van der Waals surface area contributed by atoms with E-state index in [-0.39, 0.29) is 12.2 Å². The van der Waals surface area contributed by atoms with Crippen molar-refractivity contribution in [2.75, 3.05) is 13.1 Å². The Bertz CT molecular complexity index is 515. The van der Waals surface area contributed by atoms with Crippen LogP contribution in [-0.2, 0) is 10.3 Å². The van der Waals surface area contributed by atoms with E-state index in [1.165, 1.54) is 6.07 Å². The van der Waals surface area contributed by atoms with Gasteiger partial charge in [0.05, 0.1) is 12.0 Å². The molecule has 2 rings (SSSR count). The van der Waals surface area contributed by atoms with Crippen molar-refractivity contribution in [1.29, 1.82) is 0 Å². The lowest BCUT2D eigenvalue weighted by Crippen LogP contribution is -2.46. The first kappa shape index (κ1) is 16.4. The number of carbonyl (C=O) groups is 1. The summed E-state index contributed by atoms with van der Waals surface area (Å²) in [5.41, 5.74) is -0.337. The Labute approximate surface area is 133 Å². The van der Waals surface area contributed by atoms with Gasteiger partial charge in [0.25, 0.3) is 0 Å². The minimum Gasteiger partial charge on any atom is -0.481 e. The van der Waals surface area contributed by atoms with Gasteiger partial charge in [-0.2, -0.15) is 0 Å². The largest absolute Gasteiger partial charge is 0.481 e. The maximum Gasteiger partial charge on any atom is 0.305 e. The molecule has 5 heteroatoms. The molecule has 1 fully saturated rings. The van der Waals surface area contributed by atoms with E-state index in [0.717, 1.165) is 38.8 Å². The Morgan fingerprint density at radius 1 is 1.33 bits per heavy atom. The summed E-state index contributed by atoms with van der Waals surface area (Å²) in [6.45, 7) is 3.48. The fourth-order valence-corrected chi connectivity index (χ4v) is 3.50. The van der Waals surface area contributed by atoms with Crippen molar-refractivity contribution in [1.82, 2.24) is 4.90 Å². The molecule has 3 nitrogen and oxygen atoms in total. The van der Waals surface area contributed by atoms with Gasteiger partial charge >= 0.3 is 5.97 Å². The third-order valence-electron chi connectivity index (χ3n) is 4.31. The molecule has 0 aromatic heterocycles. The van der Waals surface area contributed by atoms with Crippen molar-refractivity contribution >= 4 is 21.9 Å². The van der Waals surface area contributed by atoms with Crippen LogP contribution in [-0.4, -0.2) is 29.1 Å². The number of hydrogen-bond donors (Lipinski definition) is 1. The third kappa shape index (κ3) is 3.83. The van der Waals surface area contributed by atoms with E-state index < -0.39 is 11.5 Å². The zero-order valence-corrected chi connectivity index (χ0v) is 13.8. The average Bonchev–Trinajstić information content (AvgIpc) is 2.66. The summed E-state index contributed by atoms with van der Waals surface area (Å²) in [5, 5.41) is 9.30. The number of aliphatic carboxylic acids is 1. The van der Waals surface area contributed by atoms with Crippen LogP contribution in [0.5, 0.6) is 0 Å². The Balaban J connectivity index is 2.41. The molecular formula is C16H21BrFNO2. The SMILES string of the molecule is CC(CC(=O)O)(c1ccc(Br)cc1F)N1CCCCCC1. The predicted molar refractivity (Wildman–Crippen MR) is 83.7 cm³/mol. The fourth-order valence-electron chi connectivity index (χ4n) is 3.16. The summed E-state index contributed by atoms with van der Waals surface area (Å²) < 4.78 is 15.1. The third-order valence-corrected chi connectivity index (χ3v) is 4.80. The second-order valence-corrected chi connectivity index (χ2v) is 6.79. The van der Waals surface area contributed by atoms with Crippen molar-refractivity contribution in [2.45, 2.75) is 44.6 Å². The molecular weight excluding hydrogens is 337 g/mol. The summed E-state index contributed by atoms with van der Waals surface area (Å²) in [7, 11) is 0. The van der Waals surface area contributed by atoms with E-state index in [0.29, 0.717) is 10.0 Å². The Morgan fingerprint density at radius 2 is 1.95 bits per heavy atom. The minimum absolute atomic E-state index is 0.0917. The number of benzene rings is 1. The van der Waals surface area contributed by atoms with Crippen LogP contribution in [0.1, 0.15) is 44.6 Å². The predicted octanol–water partition coefficient (Wildman–Crippen LogP) is 4.15.